The summed E-state index contributed by atoms with van der Waals surface area (Å²) in [7, 11) is 0. The largest absolute Gasteiger partial charge is 0.394 e. The first-order valence-corrected chi connectivity index (χ1v) is 10.7. The first kappa shape index (κ1) is 24.5. The predicted molar refractivity (Wildman–Crippen MR) is 122 cm³/mol. The molecule has 166 valence electrons. The topological polar surface area (TPSA) is 58.9 Å². The molecule has 2 N–H and O–H groups in total. The number of hydrogen-bond donors (Lipinski definition) is 2. The smallest absolute Gasteiger partial charge is 0.0876 e. The summed E-state index contributed by atoms with van der Waals surface area (Å²) < 4.78 is 11.7. The minimum absolute atomic E-state index is 0.0193. The lowest BCUT2D eigenvalue weighted by Crippen LogP contribution is -2.26. The molecule has 4 heteroatoms. The van der Waals surface area contributed by atoms with Crippen LogP contribution in [0.4, 0.5) is 0 Å². The summed E-state index contributed by atoms with van der Waals surface area (Å²) in [6.45, 7) is 14.9. The lowest BCUT2D eigenvalue weighted by atomic mass is 9.77. The van der Waals surface area contributed by atoms with Crippen molar-refractivity contribution in [2.45, 2.75) is 71.2 Å². The van der Waals surface area contributed by atoms with Crippen LogP contribution in [0.5, 0.6) is 0 Å². The van der Waals surface area contributed by atoms with Gasteiger partial charge < -0.3 is 19.7 Å². The monoisotopic (exact) mass is 414 g/mol. The lowest BCUT2D eigenvalue weighted by Gasteiger charge is -2.30. The number of aliphatic hydroxyl groups excluding tert-OH is 2. The van der Waals surface area contributed by atoms with Crippen LogP contribution in [0.1, 0.15) is 70.7 Å². The van der Waals surface area contributed by atoms with Crippen molar-refractivity contribution in [3.05, 3.63) is 70.8 Å². The van der Waals surface area contributed by atoms with Gasteiger partial charge in [0.2, 0.25) is 0 Å². The van der Waals surface area contributed by atoms with Crippen LogP contribution < -0.4 is 0 Å². The van der Waals surface area contributed by atoms with Crippen molar-refractivity contribution in [1.82, 2.24) is 0 Å². The van der Waals surface area contributed by atoms with Crippen LogP contribution >= 0.6 is 0 Å². The molecule has 0 aliphatic rings. The summed E-state index contributed by atoms with van der Waals surface area (Å²) >= 11 is 0. The third kappa shape index (κ3) is 5.92. The van der Waals surface area contributed by atoms with Crippen LogP contribution in [0, 0.1) is 0 Å². The summed E-state index contributed by atoms with van der Waals surface area (Å²) in [6, 6.07) is 17.1. The molecule has 30 heavy (non-hydrogen) atoms. The third-order valence-electron chi connectivity index (χ3n) is 5.84. The van der Waals surface area contributed by atoms with E-state index < -0.39 is 17.3 Å². The second-order valence-electron chi connectivity index (χ2n) is 9.53. The van der Waals surface area contributed by atoms with Crippen LogP contribution in [0.2, 0.25) is 0 Å². The molecule has 0 bridgehead atoms. The number of hydrogen-bond acceptors (Lipinski definition) is 4. The fraction of sp³-hybridized carbons (Fsp3) is 0.538. The average molecular weight is 415 g/mol. The number of rotatable bonds is 10. The SMILES string of the molecule is CC(O)COC(C)(C)c1ccc(C(C)(C)c2ccc(C(C)(C)OCCO)cc2)cc1. The predicted octanol–water partition coefficient (Wildman–Crippen LogP) is 4.89. The van der Waals surface area contributed by atoms with Crippen molar-refractivity contribution in [2.24, 2.45) is 0 Å². The summed E-state index contributed by atoms with van der Waals surface area (Å²) in [5.41, 5.74) is 3.57. The van der Waals surface area contributed by atoms with Gasteiger partial charge in [-0.25, -0.2) is 0 Å². The second-order valence-corrected chi connectivity index (χ2v) is 9.53. The first-order valence-electron chi connectivity index (χ1n) is 10.7. The van der Waals surface area contributed by atoms with Gasteiger partial charge in [-0.1, -0.05) is 62.4 Å². The van der Waals surface area contributed by atoms with Crippen LogP contribution in [0.15, 0.2) is 48.5 Å². The molecule has 0 aliphatic carbocycles. The molecule has 1 atom stereocenters. The number of aliphatic hydroxyl groups is 2. The molecule has 1 unspecified atom stereocenters. The highest BCUT2D eigenvalue weighted by Gasteiger charge is 2.27. The van der Waals surface area contributed by atoms with Gasteiger partial charge in [0.1, 0.15) is 0 Å². The Hall–Kier alpha value is -1.72. The molecule has 0 heterocycles. The van der Waals surface area contributed by atoms with E-state index in [0.717, 1.165) is 11.1 Å². The van der Waals surface area contributed by atoms with E-state index >= 15 is 0 Å². The van der Waals surface area contributed by atoms with Gasteiger partial charge in [-0.15, -0.1) is 0 Å². The third-order valence-corrected chi connectivity index (χ3v) is 5.84. The summed E-state index contributed by atoms with van der Waals surface area (Å²) in [5, 5.41) is 18.5. The molecule has 2 aromatic carbocycles. The Morgan fingerprint density at radius 1 is 0.700 bits per heavy atom. The molecule has 0 amide bonds. The summed E-state index contributed by atoms with van der Waals surface area (Å²) in [4.78, 5) is 0. The zero-order chi connectivity index (χ0) is 22.6. The molecule has 0 saturated heterocycles. The Morgan fingerprint density at radius 3 is 1.43 bits per heavy atom. The molecule has 2 rings (SSSR count). The van der Waals surface area contributed by atoms with Crippen molar-refractivity contribution in [1.29, 1.82) is 0 Å². The van der Waals surface area contributed by atoms with E-state index in [1.54, 1.807) is 6.92 Å². The molecular weight excluding hydrogens is 376 g/mol. The maximum atomic E-state index is 9.51. The highest BCUT2D eigenvalue weighted by molar-refractivity contribution is 5.41. The molecule has 0 fully saturated rings. The van der Waals surface area contributed by atoms with Crippen molar-refractivity contribution >= 4 is 0 Å². The highest BCUT2D eigenvalue weighted by atomic mass is 16.5. The minimum atomic E-state index is -0.482. The molecule has 0 radical (unpaired) electrons. The van der Waals surface area contributed by atoms with Crippen LogP contribution in [-0.4, -0.2) is 36.1 Å². The van der Waals surface area contributed by atoms with E-state index in [4.69, 9.17) is 14.6 Å². The summed E-state index contributed by atoms with van der Waals surface area (Å²) in [6.07, 6.45) is -0.482. The van der Waals surface area contributed by atoms with Crippen molar-refractivity contribution in [2.75, 3.05) is 19.8 Å². The number of benzene rings is 2. The van der Waals surface area contributed by atoms with Crippen LogP contribution in [-0.2, 0) is 26.1 Å². The summed E-state index contributed by atoms with van der Waals surface area (Å²) in [5.74, 6) is 0. The lowest BCUT2D eigenvalue weighted by molar-refractivity contribution is -0.0586. The Labute approximate surface area is 181 Å². The maximum Gasteiger partial charge on any atom is 0.0876 e. The molecule has 4 nitrogen and oxygen atoms in total. The van der Waals surface area contributed by atoms with Gasteiger partial charge in [-0.2, -0.15) is 0 Å². The van der Waals surface area contributed by atoms with Gasteiger partial charge in [0.25, 0.3) is 0 Å². The van der Waals surface area contributed by atoms with E-state index in [1.807, 2.05) is 27.7 Å². The molecule has 0 aromatic heterocycles. The van der Waals surface area contributed by atoms with E-state index in [-0.39, 0.29) is 12.0 Å². The van der Waals surface area contributed by atoms with Crippen molar-refractivity contribution in [3.8, 4) is 0 Å². The molecule has 0 saturated carbocycles. The fourth-order valence-corrected chi connectivity index (χ4v) is 3.54. The molecular formula is C26H38O4. The molecule has 0 aliphatic heterocycles. The Kier molecular flexibility index (Phi) is 7.86. The van der Waals surface area contributed by atoms with Gasteiger partial charge in [-0.05, 0) is 56.9 Å². The van der Waals surface area contributed by atoms with E-state index in [2.05, 4.69) is 62.4 Å². The van der Waals surface area contributed by atoms with Gasteiger partial charge in [0, 0.05) is 5.41 Å². The first-order chi connectivity index (χ1) is 13.9. The maximum absolute atomic E-state index is 9.51. The van der Waals surface area contributed by atoms with E-state index in [0.29, 0.717) is 13.2 Å². The van der Waals surface area contributed by atoms with Crippen molar-refractivity contribution in [3.63, 3.8) is 0 Å². The van der Waals surface area contributed by atoms with Gasteiger partial charge >= 0.3 is 0 Å². The van der Waals surface area contributed by atoms with Crippen LogP contribution in [0.3, 0.4) is 0 Å². The van der Waals surface area contributed by atoms with Crippen LogP contribution in [0.25, 0.3) is 0 Å². The van der Waals surface area contributed by atoms with E-state index in [1.165, 1.54) is 11.1 Å². The fourth-order valence-electron chi connectivity index (χ4n) is 3.54. The molecule has 0 spiro atoms. The standard InChI is InChI=1S/C26H38O4/c1-19(28)18-30-26(6,7)23-14-10-21(11-15-23)24(2,3)20-8-12-22(13-9-20)25(4,5)29-17-16-27/h8-15,19,27-28H,16-18H2,1-7H3. The average Bonchev–Trinajstić information content (AvgIpc) is 2.71. The van der Waals surface area contributed by atoms with Gasteiger partial charge in [0.05, 0.1) is 37.1 Å². The second kappa shape index (κ2) is 9.61. The zero-order valence-corrected chi connectivity index (χ0v) is 19.5. The number of ether oxygens (including phenoxy) is 2. The zero-order valence-electron chi connectivity index (χ0n) is 19.5. The van der Waals surface area contributed by atoms with Gasteiger partial charge in [-0.3, -0.25) is 0 Å². The Bertz CT molecular complexity index is 787. The minimum Gasteiger partial charge on any atom is -0.394 e. The molecule has 2 aromatic rings. The van der Waals surface area contributed by atoms with E-state index in [9.17, 15) is 5.11 Å². The van der Waals surface area contributed by atoms with Gasteiger partial charge in [0.15, 0.2) is 0 Å². The van der Waals surface area contributed by atoms with Crippen molar-refractivity contribution < 1.29 is 19.7 Å². The highest BCUT2D eigenvalue weighted by Crippen LogP contribution is 2.35. The quantitative estimate of drug-likeness (QED) is 0.581. The Balaban J connectivity index is 2.20. The normalized spacial score (nSPS) is 14.0. The Morgan fingerprint density at radius 2 is 1.07 bits per heavy atom.